The van der Waals surface area contributed by atoms with E-state index >= 15 is 0 Å². The van der Waals surface area contributed by atoms with Crippen molar-refractivity contribution in [1.82, 2.24) is 5.32 Å². The van der Waals surface area contributed by atoms with Crippen LogP contribution in [0.3, 0.4) is 0 Å². The van der Waals surface area contributed by atoms with Gasteiger partial charge in [-0.3, -0.25) is 4.99 Å². The van der Waals surface area contributed by atoms with Gasteiger partial charge in [0.1, 0.15) is 0 Å². The summed E-state index contributed by atoms with van der Waals surface area (Å²) in [5.41, 5.74) is 0. The lowest BCUT2D eigenvalue weighted by atomic mass is 10.6. The third-order valence-corrected chi connectivity index (χ3v) is 1.81. The Kier molecular flexibility index (Phi) is 5.73. The standard InChI is InChI=1S/C7H16N2S/c1-6(2)10-7(3)9-5-8-4/h6,8H,5H2,1-4H3/b9-7-. The van der Waals surface area contributed by atoms with Crippen molar-refractivity contribution >= 4 is 16.8 Å². The molecule has 0 bridgehead atoms. The zero-order valence-electron chi connectivity index (χ0n) is 7.14. The summed E-state index contributed by atoms with van der Waals surface area (Å²) in [6, 6.07) is 0. The summed E-state index contributed by atoms with van der Waals surface area (Å²) in [6.45, 7) is 7.11. The van der Waals surface area contributed by atoms with Crippen LogP contribution in [0.15, 0.2) is 4.99 Å². The van der Waals surface area contributed by atoms with Crippen molar-refractivity contribution < 1.29 is 0 Å². The maximum atomic E-state index is 4.25. The molecule has 0 fully saturated rings. The Bertz CT molecular complexity index is 110. The molecule has 0 aromatic rings. The summed E-state index contributed by atoms with van der Waals surface area (Å²) >= 11 is 1.80. The number of nitrogens with zero attached hydrogens (tertiary/aromatic N) is 1. The minimum absolute atomic E-state index is 0.639. The largest absolute Gasteiger partial charge is 0.301 e. The molecule has 0 spiro atoms. The van der Waals surface area contributed by atoms with Crippen molar-refractivity contribution in [2.75, 3.05) is 13.7 Å². The third kappa shape index (κ3) is 6.11. The Morgan fingerprint density at radius 2 is 2.20 bits per heavy atom. The topological polar surface area (TPSA) is 24.4 Å². The van der Waals surface area contributed by atoms with E-state index in [1.807, 2.05) is 14.0 Å². The molecule has 0 rings (SSSR count). The molecule has 0 aromatic heterocycles. The van der Waals surface area contributed by atoms with Gasteiger partial charge in [-0.05, 0) is 14.0 Å². The summed E-state index contributed by atoms with van der Waals surface area (Å²) in [7, 11) is 1.90. The van der Waals surface area contributed by atoms with E-state index < -0.39 is 0 Å². The van der Waals surface area contributed by atoms with Gasteiger partial charge in [-0.15, -0.1) is 11.8 Å². The number of rotatable bonds is 3. The van der Waals surface area contributed by atoms with Crippen molar-refractivity contribution in [2.45, 2.75) is 26.0 Å². The van der Waals surface area contributed by atoms with Gasteiger partial charge in [-0.2, -0.15) is 0 Å². The molecule has 0 atom stereocenters. The van der Waals surface area contributed by atoms with Crippen molar-refractivity contribution in [3.8, 4) is 0 Å². The first kappa shape index (κ1) is 9.98. The Morgan fingerprint density at radius 1 is 1.60 bits per heavy atom. The monoisotopic (exact) mass is 160 g/mol. The molecule has 0 aromatic carbocycles. The zero-order chi connectivity index (χ0) is 7.98. The number of nitrogens with one attached hydrogen (secondary N) is 1. The predicted molar refractivity (Wildman–Crippen MR) is 49.8 cm³/mol. The van der Waals surface area contributed by atoms with Crippen LogP contribution in [0, 0.1) is 0 Å². The number of hydrogen-bond donors (Lipinski definition) is 1. The average molecular weight is 160 g/mol. The lowest BCUT2D eigenvalue weighted by Gasteiger charge is -2.02. The van der Waals surface area contributed by atoms with Crippen LogP contribution in [0.1, 0.15) is 20.8 Å². The van der Waals surface area contributed by atoms with Crippen molar-refractivity contribution in [1.29, 1.82) is 0 Å². The Balaban J connectivity index is 3.49. The molecule has 0 saturated heterocycles. The number of aliphatic imine (C=N–C) groups is 1. The van der Waals surface area contributed by atoms with Gasteiger partial charge in [0.15, 0.2) is 0 Å². The molecule has 1 N–H and O–H groups in total. The van der Waals surface area contributed by atoms with Crippen LogP contribution in [0.25, 0.3) is 0 Å². The van der Waals surface area contributed by atoms with Crippen LogP contribution >= 0.6 is 11.8 Å². The number of hydrogen-bond acceptors (Lipinski definition) is 3. The van der Waals surface area contributed by atoms with Gasteiger partial charge < -0.3 is 5.32 Å². The summed E-state index contributed by atoms with van der Waals surface area (Å²) in [4.78, 5) is 4.25. The van der Waals surface area contributed by atoms with E-state index in [1.165, 1.54) is 0 Å². The Morgan fingerprint density at radius 3 is 2.60 bits per heavy atom. The first-order valence-electron chi connectivity index (χ1n) is 3.49. The molecule has 0 aliphatic heterocycles. The van der Waals surface area contributed by atoms with E-state index in [-0.39, 0.29) is 0 Å². The summed E-state index contributed by atoms with van der Waals surface area (Å²) in [5.74, 6) is 0. The molecule has 60 valence electrons. The lowest BCUT2D eigenvalue weighted by molar-refractivity contribution is 0.836. The van der Waals surface area contributed by atoms with Gasteiger partial charge in [-0.25, -0.2) is 0 Å². The van der Waals surface area contributed by atoms with Crippen LogP contribution in [-0.2, 0) is 0 Å². The first-order valence-corrected chi connectivity index (χ1v) is 4.37. The average Bonchev–Trinajstić information content (AvgIpc) is 1.82. The maximum Gasteiger partial charge on any atom is 0.0891 e. The molecule has 0 aliphatic rings. The summed E-state index contributed by atoms with van der Waals surface area (Å²) in [5, 5.41) is 4.77. The van der Waals surface area contributed by atoms with Crippen LogP contribution < -0.4 is 5.32 Å². The fourth-order valence-corrected chi connectivity index (χ4v) is 1.39. The molecule has 10 heavy (non-hydrogen) atoms. The predicted octanol–water partition coefficient (Wildman–Crippen LogP) is 1.72. The highest BCUT2D eigenvalue weighted by Gasteiger charge is 1.95. The Labute approximate surface area is 67.5 Å². The zero-order valence-corrected chi connectivity index (χ0v) is 7.96. The maximum absolute atomic E-state index is 4.25. The molecule has 0 aliphatic carbocycles. The fourth-order valence-electron chi connectivity index (χ4n) is 0.569. The second-order valence-electron chi connectivity index (χ2n) is 2.36. The van der Waals surface area contributed by atoms with E-state index in [9.17, 15) is 0 Å². The van der Waals surface area contributed by atoms with Crippen molar-refractivity contribution in [3.63, 3.8) is 0 Å². The molecule has 2 nitrogen and oxygen atoms in total. The van der Waals surface area contributed by atoms with E-state index in [2.05, 4.69) is 24.2 Å². The fraction of sp³-hybridized carbons (Fsp3) is 0.857. The van der Waals surface area contributed by atoms with Gasteiger partial charge in [-0.1, -0.05) is 13.8 Å². The van der Waals surface area contributed by atoms with Crippen LogP contribution in [0.4, 0.5) is 0 Å². The van der Waals surface area contributed by atoms with Crippen LogP contribution in [-0.4, -0.2) is 24.0 Å². The van der Waals surface area contributed by atoms with Crippen molar-refractivity contribution in [2.24, 2.45) is 4.99 Å². The quantitative estimate of drug-likeness (QED) is 0.502. The van der Waals surface area contributed by atoms with E-state index in [0.29, 0.717) is 5.25 Å². The minimum Gasteiger partial charge on any atom is -0.301 e. The molecular formula is C7H16N2S. The number of thioether (sulfide) groups is 1. The van der Waals surface area contributed by atoms with Gasteiger partial charge in [0.05, 0.1) is 11.7 Å². The highest BCUT2D eigenvalue weighted by atomic mass is 32.2. The van der Waals surface area contributed by atoms with Gasteiger partial charge in [0.25, 0.3) is 0 Å². The SMILES string of the molecule is CNC/N=C(/C)SC(C)C. The first-order chi connectivity index (χ1) is 4.66. The highest BCUT2D eigenvalue weighted by molar-refractivity contribution is 8.14. The van der Waals surface area contributed by atoms with Crippen LogP contribution in [0.5, 0.6) is 0 Å². The third-order valence-electron chi connectivity index (χ3n) is 0.866. The summed E-state index contributed by atoms with van der Waals surface area (Å²) < 4.78 is 0. The molecule has 3 heteroatoms. The molecule has 0 unspecified atom stereocenters. The second-order valence-corrected chi connectivity index (χ2v) is 4.12. The van der Waals surface area contributed by atoms with E-state index in [4.69, 9.17) is 0 Å². The van der Waals surface area contributed by atoms with Crippen molar-refractivity contribution in [3.05, 3.63) is 0 Å². The smallest absolute Gasteiger partial charge is 0.0891 e. The molecule has 0 radical (unpaired) electrons. The van der Waals surface area contributed by atoms with Gasteiger partial charge >= 0.3 is 0 Å². The Hall–Kier alpha value is -0.0200. The van der Waals surface area contributed by atoms with E-state index in [1.54, 1.807) is 11.8 Å². The van der Waals surface area contributed by atoms with Gasteiger partial charge in [0, 0.05) is 5.25 Å². The minimum atomic E-state index is 0.639. The van der Waals surface area contributed by atoms with E-state index in [0.717, 1.165) is 11.7 Å². The van der Waals surface area contributed by atoms with Gasteiger partial charge in [0.2, 0.25) is 0 Å². The molecular weight excluding hydrogens is 144 g/mol. The second kappa shape index (κ2) is 5.74. The summed E-state index contributed by atoms with van der Waals surface area (Å²) in [6.07, 6.45) is 0. The molecule has 0 heterocycles. The highest BCUT2D eigenvalue weighted by Crippen LogP contribution is 2.10. The molecule has 0 saturated carbocycles. The normalized spacial score (nSPS) is 12.7. The lowest BCUT2D eigenvalue weighted by Crippen LogP contribution is -2.06. The van der Waals surface area contributed by atoms with Crippen LogP contribution in [0.2, 0.25) is 0 Å². The molecule has 0 amide bonds.